The van der Waals surface area contributed by atoms with Gasteiger partial charge in [-0.05, 0) is 18.1 Å². The van der Waals surface area contributed by atoms with Gasteiger partial charge in [-0.3, -0.25) is 19.7 Å². The fourth-order valence-corrected chi connectivity index (χ4v) is 3.15. The molecule has 0 saturated heterocycles. The maximum Gasteiger partial charge on any atom is 0.304 e. The zero-order valence-corrected chi connectivity index (χ0v) is 15.7. The van der Waals surface area contributed by atoms with Gasteiger partial charge in [0.25, 0.3) is 5.91 Å². The molecule has 148 valence electrons. The van der Waals surface area contributed by atoms with Crippen molar-refractivity contribution in [2.24, 2.45) is 0 Å². The molecule has 0 unspecified atom stereocenters. The number of nitro benzene ring substituents is 1. The van der Waals surface area contributed by atoms with Crippen molar-refractivity contribution in [3.8, 4) is 0 Å². The molecule has 10 heteroatoms. The van der Waals surface area contributed by atoms with E-state index in [-0.39, 0.29) is 28.8 Å². The summed E-state index contributed by atoms with van der Waals surface area (Å²) in [5, 5.41) is 17.4. The van der Waals surface area contributed by atoms with E-state index in [0.29, 0.717) is 6.42 Å². The average Bonchev–Trinajstić information content (AvgIpc) is 3.15. The topological polar surface area (TPSA) is 114 Å². The molecule has 1 aromatic heterocycles. The smallest absolute Gasteiger partial charge is 0.304 e. The summed E-state index contributed by atoms with van der Waals surface area (Å²) >= 11 is 1.08. The second-order valence-electron chi connectivity index (χ2n) is 5.95. The maximum atomic E-state index is 13.6. The molecule has 0 aliphatic carbocycles. The number of nitrogens with one attached hydrogen (secondary N) is 2. The van der Waals surface area contributed by atoms with Crippen LogP contribution in [-0.4, -0.2) is 21.7 Å². The van der Waals surface area contributed by atoms with Crippen LogP contribution < -0.4 is 10.6 Å². The number of amides is 2. The minimum Gasteiger partial charge on any atom is -0.321 e. The van der Waals surface area contributed by atoms with Crippen molar-refractivity contribution < 1.29 is 18.9 Å². The van der Waals surface area contributed by atoms with Crippen LogP contribution in [-0.2, 0) is 11.2 Å². The van der Waals surface area contributed by atoms with Crippen LogP contribution in [0.5, 0.6) is 0 Å². The molecule has 0 spiro atoms. The first-order valence-corrected chi connectivity index (χ1v) is 9.35. The lowest BCUT2D eigenvalue weighted by molar-refractivity contribution is -0.387. The van der Waals surface area contributed by atoms with Crippen LogP contribution >= 0.6 is 11.3 Å². The van der Waals surface area contributed by atoms with Gasteiger partial charge in [0.2, 0.25) is 11.7 Å². The summed E-state index contributed by atoms with van der Waals surface area (Å²) in [6, 6.07) is 12.6. The fourth-order valence-electron chi connectivity index (χ4n) is 2.45. The Kier molecular flexibility index (Phi) is 6.25. The van der Waals surface area contributed by atoms with E-state index in [4.69, 9.17) is 0 Å². The summed E-state index contributed by atoms with van der Waals surface area (Å²) in [5.41, 5.74) is 0.445. The van der Waals surface area contributed by atoms with Gasteiger partial charge < -0.3 is 10.6 Å². The molecule has 2 N–H and O–H groups in total. The van der Waals surface area contributed by atoms with Gasteiger partial charge in [0.15, 0.2) is 5.13 Å². The Bertz CT molecular complexity index is 1060. The number of hydrogen-bond donors (Lipinski definition) is 2. The number of anilines is 2. The van der Waals surface area contributed by atoms with Crippen molar-refractivity contribution in [1.29, 1.82) is 0 Å². The Labute approximate surface area is 168 Å². The summed E-state index contributed by atoms with van der Waals surface area (Å²) in [6.07, 6.45) is 0.851. The van der Waals surface area contributed by atoms with Gasteiger partial charge in [-0.25, -0.2) is 4.98 Å². The van der Waals surface area contributed by atoms with Gasteiger partial charge in [-0.2, -0.15) is 4.39 Å². The van der Waals surface area contributed by atoms with E-state index >= 15 is 0 Å². The molecular weight excluding hydrogens is 399 g/mol. The zero-order valence-electron chi connectivity index (χ0n) is 14.9. The van der Waals surface area contributed by atoms with Crippen LogP contribution in [0, 0.1) is 15.9 Å². The molecular formula is C19H15FN4O4S. The molecule has 0 radical (unpaired) electrons. The first-order valence-electron chi connectivity index (χ1n) is 8.47. The van der Waals surface area contributed by atoms with Gasteiger partial charge in [0, 0.05) is 29.6 Å². The number of carbonyl (C=O) groups excluding carboxylic acids is 2. The van der Waals surface area contributed by atoms with E-state index in [1.54, 1.807) is 0 Å². The van der Waals surface area contributed by atoms with Crippen molar-refractivity contribution in [3.05, 3.63) is 81.1 Å². The Hall–Kier alpha value is -3.66. The van der Waals surface area contributed by atoms with Crippen LogP contribution in [0.15, 0.2) is 53.9 Å². The Morgan fingerprint density at radius 3 is 2.59 bits per heavy atom. The number of aryl methyl sites for hydroxylation is 1. The van der Waals surface area contributed by atoms with Gasteiger partial charge >= 0.3 is 5.69 Å². The van der Waals surface area contributed by atoms with Crippen LogP contribution in [0.1, 0.15) is 22.5 Å². The van der Waals surface area contributed by atoms with Crippen molar-refractivity contribution in [1.82, 2.24) is 4.98 Å². The monoisotopic (exact) mass is 414 g/mol. The number of nitrogens with zero attached hydrogens (tertiary/aromatic N) is 2. The first-order chi connectivity index (χ1) is 13.9. The number of benzene rings is 2. The van der Waals surface area contributed by atoms with Crippen LogP contribution in [0.2, 0.25) is 0 Å². The molecule has 1 heterocycles. The van der Waals surface area contributed by atoms with Gasteiger partial charge in [-0.15, -0.1) is 11.3 Å². The summed E-state index contributed by atoms with van der Waals surface area (Å²) in [5.74, 6) is -1.91. The molecule has 2 amide bonds. The standard InChI is InChI=1S/C19H15FN4O4S/c20-14-10-13(7-8-16(14)24(27)28)21-18(26)15-11-29-19(22-15)23-17(25)9-6-12-4-2-1-3-5-12/h1-5,7-8,10-11H,6,9H2,(H,21,26)(H,22,23,25). The van der Waals surface area contributed by atoms with E-state index in [1.165, 1.54) is 11.4 Å². The highest BCUT2D eigenvalue weighted by Gasteiger charge is 2.17. The van der Waals surface area contributed by atoms with E-state index in [0.717, 1.165) is 29.0 Å². The number of carbonyl (C=O) groups is 2. The molecule has 0 bridgehead atoms. The predicted molar refractivity (Wildman–Crippen MR) is 107 cm³/mol. The molecule has 3 aromatic rings. The number of rotatable bonds is 7. The number of aromatic nitrogens is 1. The highest BCUT2D eigenvalue weighted by atomic mass is 32.1. The third-order valence-electron chi connectivity index (χ3n) is 3.87. The van der Waals surface area contributed by atoms with Crippen LogP contribution in [0.25, 0.3) is 0 Å². The van der Waals surface area contributed by atoms with Crippen LogP contribution in [0.3, 0.4) is 0 Å². The molecule has 0 atom stereocenters. The normalized spacial score (nSPS) is 10.4. The summed E-state index contributed by atoms with van der Waals surface area (Å²) in [4.78, 5) is 38.1. The second-order valence-corrected chi connectivity index (χ2v) is 6.81. The minimum atomic E-state index is -1.06. The van der Waals surface area contributed by atoms with E-state index < -0.39 is 22.3 Å². The van der Waals surface area contributed by atoms with E-state index in [2.05, 4.69) is 15.6 Å². The van der Waals surface area contributed by atoms with Crippen molar-refractivity contribution in [2.45, 2.75) is 12.8 Å². The van der Waals surface area contributed by atoms with Gasteiger partial charge in [-0.1, -0.05) is 30.3 Å². The summed E-state index contributed by atoms with van der Waals surface area (Å²) < 4.78 is 13.6. The van der Waals surface area contributed by atoms with Gasteiger partial charge in [0.05, 0.1) is 4.92 Å². The molecule has 3 rings (SSSR count). The van der Waals surface area contributed by atoms with Crippen molar-refractivity contribution in [3.63, 3.8) is 0 Å². The molecule has 8 nitrogen and oxygen atoms in total. The predicted octanol–water partition coefficient (Wildman–Crippen LogP) is 4.01. The first kappa shape index (κ1) is 20.1. The lowest BCUT2D eigenvalue weighted by Crippen LogP contribution is -2.14. The Morgan fingerprint density at radius 2 is 1.90 bits per heavy atom. The lowest BCUT2D eigenvalue weighted by Gasteiger charge is -2.04. The summed E-state index contributed by atoms with van der Waals surface area (Å²) in [7, 11) is 0. The number of nitro groups is 1. The largest absolute Gasteiger partial charge is 0.321 e. The van der Waals surface area contributed by atoms with Crippen molar-refractivity contribution in [2.75, 3.05) is 10.6 Å². The number of thiazole rings is 1. The third kappa shape index (κ3) is 5.42. The van der Waals surface area contributed by atoms with Crippen molar-refractivity contribution >= 4 is 39.7 Å². The fraction of sp³-hybridized carbons (Fsp3) is 0.105. The average molecular weight is 414 g/mol. The maximum absolute atomic E-state index is 13.6. The van der Waals surface area contributed by atoms with E-state index in [9.17, 15) is 24.1 Å². The summed E-state index contributed by atoms with van der Waals surface area (Å²) in [6.45, 7) is 0. The molecule has 0 saturated carbocycles. The highest BCUT2D eigenvalue weighted by Crippen LogP contribution is 2.22. The quantitative estimate of drug-likeness (QED) is 0.448. The zero-order chi connectivity index (χ0) is 20.8. The highest BCUT2D eigenvalue weighted by molar-refractivity contribution is 7.14. The molecule has 29 heavy (non-hydrogen) atoms. The molecule has 0 fully saturated rings. The lowest BCUT2D eigenvalue weighted by atomic mass is 10.1. The second kappa shape index (κ2) is 9.02. The Balaban J connectivity index is 1.56. The molecule has 0 aliphatic heterocycles. The Morgan fingerprint density at radius 1 is 1.14 bits per heavy atom. The molecule has 2 aromatic carbocycles. The van der Waals surface area contributed by atoms with E-state index in [1.807, 2.05) is 30.3 Å². The third-order valence-corrected chi connectivity index (χ3v) is 4.63. The van der Waals surface area contributed by atoms with Gasteiger partial charge in [0.1, 0.15) is 5.69 Å². The SMILES string of the molecule is O=C(CCc1ccccc1)Nc1nc(C(=O)Nc2ccc([N+](=O)[O-])c(F)c2)cs1. The number of hydrogen-bond acceptors (Lipinski definition) is 6. The van der Waals surface area contributed by atoms with Crippen LogP contribution in [0.4, 0.5) is 20.9 Å². The minimum absolute atomic E-state index is 0.0344. The number of halogens is 1. The molecule has 0 aliphatic rings.